The number of para-hydroxylation sites is 1. The number of aromatic hydroxyl groups is 2. The monoisotopic (exact) mass is 366 g/mol. The average molecular weight is 366 g/mol. The van der Waals surface area contributed by atoms with Crippen molar-refractivity contribution in [2.45, 2.75) is 4.21 Å². The fourth-order valence-corrected chi connectivity index (χ4v) is 4.67. The fourth-order valence-electron chi connectivity index (χ4n) is 1.45. The molecule has 1 heterocycles. The first kappa shape index (κ1) is 16.9. The molecular weight excluding hydrogens is 355 g/mol. The summed E-state index contributed by atoms with van der Waals surface area (Å²) in [5, 5.41) is 19.3. The minimum absolute atomic E-state index is 0.130. The molecule has 0 atom stereocenters. The Morgan fingerprint density at radius 3 is 2.59 bits per heavy atom. The van der Waals surface area contributed by atoms with Gasteiger partial charge < -0.3 is 20.0 Å². The maximum Gasteiger partial charge on any atom is 0.340 e. The maximum absolute atomic E-state index is 11.9. The van der Waals surface area contributed by atoms with E-state index >= 15 is 0 Å². The van der Waals surface area contributed by atoms with Crippen LogP contribution in [0.4, 0.5) is 0 Å². The van der Waals surface area contributed by atoms with Gasteiger partial charge in [0, 0.05) is 0 Å². The number of aromatic nitrogens is 1. The summed E-state index contributed by atoms with van der Waals surface area (Å²) in [5.74, 6) is -0.819. The zero-order valence-corrected chi connectivity index (χ0v) is 13.3. The molecule has 1 aromatic carbocycles. The Morgan fingerprint density at radius 2 is 1.95 bits per heavy atom. The minimum Gasteiger partial charge on any atom is -0.504 e. The predicted octanol–water partition coefficient (Wildman–Crippen LogP) is 0.635. The molecule has 0 saturated heterocycles. The molecular formula is C10H11N2O7PS2. The van der Waals surface area contributed by atoms with Crippen LogP contribution in [0.1, 0.15) is 0 Å². The predicted molar refractivity (Wildman–Crippen MR) is 78.1 cm³/mol. The van der Waals surface area contributed by atoms with Crippen LogP contribution < -0.4 is 4.72 Å². The molecule has 0 unspecified atom stereocenters. The van der Waals surface area contributed by atoms with Crippen LogP contribution >= 0.6 is 18.9 Å². The van der Waals surface area contributed by atoms with E-state index in [0.717, 1.165) is 6.20 Å². The largest absolute Gasteiger partial charge is 0.504 e. The molecule has 22 heavy (non-hydrogen) atoms. The van der Waals surface area contributed by atoms with E-state index in [1.807, 2.05) is 0 Å². The number of phenolic OH excluding ortho intramolecular Hbond substituents is 2. The summed E-state index contributed by atoms with van der Waals surface area (Å²) in [6.45, 7) is 0. The molecule has 0 bridgehead atoms. The highest BCUT2D eigenvalue weighted by Crippen LogP contribution is 2.39. The molecule has 2 aromatic rings. The van der Waals surface area contributed by atoms with E-state index in [1.165, 1.54) is 18.2 Å². The summed E-state index contributed by atoms with van der Waals surface area (Å²) in [4.78, 5) is 21.2. The number of nitrogens with one attached hydrogen (secondary N) is 1. The highest BCUT2D eigenvalue weighted by Gasteiger charge is 2.23. The third kappa shape index (κ3) is 3.83. The molecule has 0 aliphatic carbocycles. The number of phenols is 2. The number of nitrogens with zero attached hydrogens (tertiary/aromatic N) is 1. The first-order valence-corrected chi connectivity index (χ1v) is 9.71. The summed E-state index contributed by atoms with van der Waals surface area (Å²) < 4.78 is 36.0. The average Bonchev–Trinajstić information content (AvgIpc) is 2.89. The van der Waals surface area contributed by atoms with E-state index in [-0.39, 0.29) is 20.5 Å². The van der Waals surface area contributed by atoms with E-state index in [1.54, 1.807) is 4.72 Å². The van der Waals surface area contributed by atoms with Crippen LogP contribution in [0.15, 0.2) is 28.6 Å². The lowest BCUT2D eigenvalue weighted by Gasteiger charge is -2.05. The standard InChI is InChI=1S/C10H11N2O7PS2/c13-7-3-1-2-6(9(7)14)10-11-4-8(21-10)22(18,19)12-5-20(15,16)17/h1-4,12-14H,5H2,(H2,15,16,17). The lowest BCUT2D eigenvalue weighted by Crippen LogP contribution is -2.24. The number of hydrogen-bond donors (Lipinski definition) is 5. The van der Waals surface area contributed by atoms with Crippen molar-refractivity contribution >= 4 is 29.0 Å². The van der Waals surface area contributed by atoms with E-state index < -0.39 is 29.7 Å². The molecule has 0 aliphatic rings. The molecule has 0 amide bonds. The van der Waals surface area contributed by atoms with Gasteiger partial charge in [0.2, 0.25) is 0 Å². The van der Waals surface area contributed by atoms with Crippen molar-refractivity contribution in [3.05, 3.63) is 24.4 Å². The molecule has 2 rings (SSSR count). The number of rotatable bonds is 5. The van der Waals surface area contributed by atoms with Gasteiger partial charge in [-0.05, 0) is 12.1 Å². The Balaban J connectivity index is 2.32. The lowest BCUT2D eigenvalue weighted by molar-refractivity contribution is 0.371. The fraction of sp³-hybridized carbons (Fsp3) is 0.100. The second kappa shape index (κ2) is 5.95. The molecule has 0 fully saturated rings. The first-order chi connectivity index (χ1) is 10.1. The van der Waals surface area contributed by atoms with E-state index in [0.29, 0.717) is 11.3 Å². The molecule has 0 spiro atoms. The number of benzene rings is 1. The zero-order chi connectivity index (χ0) is 16.5. The van der Waals surface area contributed by atoms with Gasteiger partial charge >= 0.3 is 7.60 Å². The summed E-state index contributed by atoms with van der Waals surface area (Å²) >= 11 is 0.681. The number of thiazole rings is 1. The van der Waals surface area contributed by atoms with E-state index in [9.17, 15) is 23.2 Å². The van der Waals surface area contributed by atoms with Gasteiger partial charge in [0.15, 0.2) is 15.7 Å². The van der Waals surface area contributed by atoms with E-state index in [4.69, 9.17) is 9.79 Å². The summed E-state index contributed by atoms with van der Waals surface area (Å²) in [7, 11) is -8.66. The molecule has 9 nitrogen and oxygen atoms in total. The summed E-state index contributed by atoms with van der Waals surface area (Å²) in [6, 6.07) is 4.14. The van der Waals surface area contributed by atoms with Crippen LogP contribution in [-0.2, 0) is 14.6 Å². The highest BCUT2D eigenvalue weighted by molar-refractivity contribution is 7.91. The second-order valence-corrected chi connectivity index (χ2v) is 8.80. The molecule has 0 saturated carbocycles. The van der Waals surface area contributed by atoms with Gasteiger partial charge in [0.1, 0.15) is 11.3 Å². The van der Waals surface area contributed by atoms with E-state index in [2.05, 4.69) is 4.98 Å². The van der Waals surface area contributed by atoms with Crippen molar-refractivity contribution in [3.63, 3.8) is 0 Å². The smallest absolute Gasteiger partial charge is 0.340 e. The molecule has 5 N–H and O–H groups in total. The van der Waals surface area contributed by atoms with Crippen molar-refractivity contribution in [2.24, 2.45) is 0 Å². The van der Waals surface area contributed by atoms with Gasteiger partial charge in [-0.15, -0.1) is 11.3 Å². The third-order valence-corrected chi connectivity index (χ3v) is 6.13. The number of hydrogen-bond acceptors (Lipinski definition) is 7. The summed E-state index contributed by atoms with van der Waals surface area (Å²) in [5.41, 5.74) is 0.140. The SMILES string of the molecule is O=P(O)(O)CNS(=O)(=O)c1cnc(-c2cccc(O)c2O)s1. The molecule has 0 radical (unpaired) electrons. The van der Waals surface area contributed by atoms with Gasteiger partial charge in [-0.2, -0.15) is 4.72 Å². The molecule has 120 valence electrons. The normalized spacial score (nSPS) is 12.5. The van der Waals surface area contributed by atoms with Crippen LogP contribution in [0.2, 0.25) is 0 Å². The Hall–Kier alpha value is -1.49. The van der Waals surface area contributed by atoms with Crippen LogP contribution in [-0.4, -0.2) is 39.7 Å². The van der Waals surface area contributed by atoms with Crippen LogP contribution in [0.5, 0.6) is 11.5 Å². The zero-order valence-electron chi connectivity index (χ0n) is 10.7. The molecule has 1 aromatic heterocycles. The number of sulfonamides is 1. The van der Waals surface area contributed by atoms with Gasteiger partial charge in [-0.3, -0.25) is 4.57 Å². The summed E-state index contributed by atoms with van der Waals surface area (Å²) in [6.07, 6.45) is -0.0363. The minimum atomic E-state index is -4.53. The Kier molecular flexibility index (Phi) is 4.57. The van der Waals surface area contributed by atoms with Crippen molar-refractivity contribution in [1.82, 2.24) is 9.71 Å². The van der Waals surface area contributed by atoms with Crippen LogP contribution in [0, 0.1) is 0 Å². The third-order valence-electron chi connectivity index (χ3n) is 2.46. The quantitative estimate of drug-likeness (QED) is 0.381. The Morgan fingerprint density at radius 1 is 1.27 bits per heavy atom. The lowest BCUT2D eigenvalue weighted by atomic mass is 10.2. The van der Waals surface area contributed by atoms with Crippen molar-refractivity contribution < 1.29 is 33.0 Å². The highest BCUT2D eigenvalue weighted by atomic mass is 32.2. The van der Waals surface area contributed by atoms with Gasteiger partial charge in [0.25, 0.3) is 10.0 Å². The van der Waals surface area contributed by atoms with Crippen molar-refractivity contribution in [2.75, 3.05) is 6.29 Å². The van der Waals surface area contributed by atoms with Gasteiger partial charge in [-0.1, -0.05) is 6.07 Å². The first-order valence-electron chi connectivity index (χ1n) is 5.61. The molecule has 0 aliphatic heterocycles. The Bertz CT molecular complexity index is 843. The maximum atomic E-state index is 11.9. The van der Waals surface area contributed by atoms with Gasteiger partial charge in [0.05, 0.1) is 11.8 Å². The van der Waals surface area contributed by atoms with Gasteiger partial charge in [-0.25, -0.2) is 13.4 Å². The molecule has 12 heteroatoms. The van der Waals surface area contributed by atoms with Crippen LogP contribution in [0.3, 0.4) is 0 Å². The topological polar surface area (TPSA) is 157 Å². The Labute approximate surface area is 129 Å². The van der Waals surface area contributed by atoms with Crippen molar-refractivity contribution in [1.29, 1.82) is 0 Å². The second-order valence-electron chi connectivity index (χ2n) is 4.13. The van der Waals surface area contributed by atoms with Crippen LogP contribution in [0.25, 0.3) is 10.6 Å². The van der Waals surface area contributed by atoms with Crippen molar-refractivity contribution in [3.8, 4) is 22.1 Å².